The molecule has 0 radical (unpaired) electrons. The Morgan fingerprint density at radius 3 is 2.69 bits per heavy atom. The number of methoxy groups -OCH3 is 1. The van der Waals surface area contributed by atoms with Crippen LogP contribution in [0.1, 0.15) is 12.0 Å². The third kappa shape index (κ3) is 3.67. The Morgan fingerprint density at radius 1 is 1.38 bits per heavy atom. The molecular weight excluding hydrogens is 226 g/mol. The standard InChI is InChI=1S/C12H17NO2.ClH/c1-14-11-5-3-10(4-6-11)9-12-13-7-2-8-15-12;/h3-6,12-13H,2,7-9H2,1H3;1H. The Kier molecular flexibility index (Phi) is 5.60. The van der Waals surface area contributed by atoms with E-state index in [1.165, 1.54) is 5.56 Å². The van der Waals surface area contributed by atoms with Crippen molar-refractivity contribution in [1.82, 2.24) is 5.32 Å². The van der Waals surface area contributed by atoms with E-state index in [1.807, 2.05) is 12.1 Å². The van der Waals surface area contributed by atoms with Crippen LogP contribution in [0.15, 0.2) is 24.3 Å². The van der Waals surface area contributed by atoms with Gasteiger partial charge in [-0.25, -0.2) is 0 Å². The first-order chi connectivity index (χ1) is 7.38. The molecular formula is C12H18ClNO2. The normalized spacial score (nSPS) is 19.9. The molecule has 1 N–H and O–H groups in total. The summed E-state index contributed by atoms with van der Waals surface area (Å²) >= 11 is 0. The van der Waals surface area contributed by atoms with E-state index in [1.54, 1.807) is 7.11 Å². The quantitative estimate of drug-likeness (QED) is 0.881. The van der Waals surface area contributed by atoms with Gasteiger partial charge in [-0.2, -0.15) is 0 Å². The zero-order valence-electron chi connectivity index (χ0n) is 9.44. The van der Waals surface area contributed by atoms with Crippen LogP contribution in [0, 0.1) is 0 Å². The third-order valence-corrected chi connectivity index (χ3v) is 2.59. The molecule has 0 spiro atoms. The first-order valence-electron chi connectivity index (χ1n) is 5.36. The Labute approximate surface area is 103 Å². The van der Waals surface area contributed by atoms with Crippen molar-refractivity contribution in [2.24, 2.45) is 0 Å². The van der Waals surface area contributed by atoms with Crippen LogP contribution >= 0.6 is 12.4 Å². The molecule has 4 heteroatoms. The van der Waals surface area contributed by atoms with E-state index in [4.69, 9.17) is 9.47 Å². The summed E-state index contributed by atoms with van der Waals surface area (Å²) in [6.45, 7) is 1.93. The van der Waals surface area contributed by atoms with E-state index in [9.17, 15) is 0 Å². The second-order valence-corrected chi connectivity index (χ2v) is 3.72. The summed E-state index contributed by atoms with van der Waals surface area (Å²) in [5.74, 6) is 0.899. The Bertz CT molecular complexity index is 296. The van der Waals surface area contributed by atoms with Gasteiger partial charge in [-0.15, -0.1) is 12.4 Å². The van der Waals surface area contributed by atoms with Gasteiger partial charge in [0.25, 0.3) is 0 Å². The maximum Gasteiger partial charge on any atom is 0.118 e. The fourth-order valence-electron chi connectivity index (χ4n) is 1.73. The molecule has 1 heterocycles. The summed E-state index contributed by atoms with van der Waals surface area (Å²) in [6, 6.07) is 8.13. The van der Waals surface area contributed by atoms with E-state index in [0.29, 0.717) is 0 Å². The van der Waals surface area contributed by atoms with Gasteiger partial charge in [-0.3, -0.25) is 5.32 Å². The van der Waals surface area contributed by atoms with Gasteiger partial charge in [-0.1, -0.05) is 12.1 Å². The van der Waals surface area contributed by atoms with Crippen LogP contribution < -0.4 is 10.1 Å². The molecule has 16 heavy (non-hydrogen) atoms. The summed E-state index contributed by atoms with van der Waals surface area (Å²) in [5, 5.41) is 3.34. The van der Waals surface area contributed by atoms with Crippen molar-refractivity contribution >= 4 is 12.4 Å². The molecule has 90 valence electrons. The minimum absolute atomic E-state index is 0. The van der Waals surface area contributed by atoms with Gasteiger partial charge in [0.05, 0.1) is 7.11 Å². The molecule has 0 saturated carbocycles. The van der Waals surface area contributed by atoms with Crippen LogP contribution in [0.2, 0.25) is 0 Å². The minimum atomic E-state index is 0. The van der Waals surface area contributed by atoms with Crippen LogP contribution in [0.4, 0.5) is 0 Å². The van der Waals surface area contributed by atoms with Crippen LogP contribution in [-0.2, 0) is 11.2 Å². The van der Waals surface area contributed by atoms with E-state index in [2.05, 4.69) is 17.4 Å². The van der Waals surface area contributed by atoms with Crippen molar-refractivity contribution in [2.75, 3.05) is 20.3 Å². The van der Waals surface area contributed by atoms with Crippen LogP contribution in [0.3, 0.4) is 0 Å². The van der Waals surface area contributed by atoms with Gasteiger partial charge < -0.3 is 9.47 Å². The molecule has 1 fully saturated rings. The Morgan fingerprint density at radius 2 is 2.12 bits per heavy atom. The van der Waals surface area contributed by atoms with Gasteiger partial charge >= 0.3 is 0 Å². The zero-order chi connectivity index (χ0) is 10.5. The molecule has 0 bridgehead atoms. The predicted octanol–water partition coefficient (Wildman–Crippen LogP) is 2.00. The molecule has 1 aromatic rings. The van der Waals surface area contributed by atoms with Crippen molar-refractivity contribution < 1.29 is 9.47 Å². The maximum absolute atomic E-state index is 5.60. The highest BCUT2D eigenvalue weighted by Crippen LogP contribution is 2.13. The molecule has 0 aromatic heterocycles. The summed E-state index contributed by atoms with van der Waals surface area (Å²) in [6.07, 6.45) is 2.20. The Hall–Kier alpha value is -0.770. The van der Waals surface area contributed by atoms with Crippen molar-refractivity contribution in [3.8, 4) is 5.75 Å². The summed E-state index contributed by atoms with van der Waals surface area (Å²) in [4.78, 5) is 0. The monoisotopic (exact) mass is 243 g/mol. The van der Waals surface area contributed by atoms with Gasteiger partial charge in [0.1, 0.15) is 12.0 Å². The lowest BCUT2D eigenvalue weighted by molar-refractivity contribution is 0.00194. The molecule has 1 aliphatic rings. The summed E-state index contributed by atoms with van der Waals surface area (Å²) in [5.41, 5.74) is 1.27. The minimum Gasteiger partial charge on any atom is -0.497 e. The van der Waals surface area contributed by atoms with Crippen molar-refractivity contribution in [3.63, 3.8) is 0 Å². The zero-order valence-corrected chi connectivity index (χ0v) is 10.3. The Balaban J connectivity index is 0.00000128. The average Bonchev–Trinajstić information content (AvgIpc) is 2.31. The average molecular weight is 244 g/mol. The number of halogens is 1. The van der Waals surface area contributed by atoms with Crippen LogP contribution in [0.25, 0.3) is 0 Å². The van der Waals surface area contributed by atoms with Crippen LogP contribution in [-0.4, -0.2) is 26.5 Å². The number of ether oxygens (including phenoxy) is 2. The maximum atomic E-state index is 5.60. The van der Waals surface area contributed by atoms with Gasteiger partial charge in [0.2, 0.25) is 0 Å². The fourth-order valence-corrected chi connectivity index (χ4v) is 1.73. The first kappa shape index (κ1) is 13.3. The second kappa shape index (κ2) is 6.74. The fraction of sp³-hybridized carbons (Fsp3) is 0.500. The topological polar surface area (TPSA) is 30.5 Å². The highest BCUT2D eigenvalue weighted by atomic mass is 35.5. The van der Waals surface area contributed by atoms with Gasteiger partial charge in [0.15, 0.2) is 0 Å². The number of benzene rings is 1. The lowest BCUT2D eigenvalue weighted by Crippen LogP contribution is -2.39. The van der Waals surface area contributed by atoms with E-state index in [0.717, 1.165) is 31.7 Å². The molecule has 1 atom stereocenters. The van der Waals surface area contributed by atoms with Gasteiger partial charge in [0, 0.05) is 13.0 Å². The SMILES string of the molecule is COc1ccc(CC2NCCCO2)cc1.Cl. The predicted molar refractivity (Wildman–Crippen MR) is 66.3 cm³/mol. The number of rotatable bonds is 3. The van der Waals surface area contributed by atoms with E-state index in [-0.39, 0.29) is 18.6 Å². The van der Waals surface area contributed by atoms with E-state index < -0.39 is 0 Å². The molecule has 1 aliphatic heterocycles. The smallest absolute Gasteiger partial charge is 0.118 e. The lowest BCUT2D eigenvalue weighted by atomic mass is 10.1. The molecule has 1 aromatic carbocycles. The summed E-state index contributed by atoms with van der Waals surface area (Å²) < 4.78 is 10.7. The summed E-state index contributed by atoms with van der Waals surface area (Å²) in [7, 11) is 1.68. The molecule has 2 rings (SSSR count). The van der Waals surface area contributed by atoms with Crippen molar-refractivity contribution in [1.29, 1.82) is 0 Å². The molecule has 3 nitrogen and oxygen atoms in total. The molecule has 0 aliphatic carbocycles. The van der Waals surface area contributed by atoms with Crippen molar-refractivity contribution in [3.05, 3.63) is 29.8 Å². The number of hydrogen-bond donors (Lipinski definition) is 1. The largest absolute Gasteiger partial charge is 0.497 e. The highest BCUT2D eigenvalue weighted by Gasteiger charge is 2.12. The van der Waals surface area contributed by atoms with E-state index >= 15 is 0 Å². The number of nitrogens with one attached hydrogen (secondary N) is 1. The molecule has 1 unspecified atom stereocenters. The van der Waals surface area contributed by atoms with Gasteiger partial charge in [-0.05, 0) is 30.7 Å². The second-order valence-electron chi connectivity index (χ2n) is 3.72. The lowest BCUT2D eigenvalue weighted by Gasteiger charge is -2.24. The van der Waals surface area contributed by atoms with Crippen LogP contribution in [0.5, 0.6) is 5.75 Å². The first-order valence-corrected chi connectivity index (χ1v) is 5.36. The van der Waals surface area contributed by atoms with Crippen molar-refractivity contribution in [2.45, 2.75) is 19.1 Å². The molecule has 0 amide bonds. The highest BCUT2D eigenvalue weighted by molar-refractivity contribution is 5.85. The third-order valence-electron chi connectivity index (χ3n) is 2.59. The molecule has 1 saturated heterocycles. The number of hydrogen-bond acceptors (Lipinski definition) is 3.